The Morgan fingerprint density at radius 1 is 1.33 bits per heavy atom. The van der Waals surface area contributed by atoms with Crippen LogP contribution in [-0.2, 0) is 12.8 Å². The van der Waals surface area contributed by atoms with Crippen molar-refractivity contribution in [3.05, 3.63) is 35.0 Å². The standard InChI is InChI=1S/C15H18N2O/c1-16-9-15(18)10-6-7-14-12(8-10)11-4-2-3-5-13(11)17-14/h6-8,16-17H,2-5,9H2,1H3. The second-order valence-electron chi connectivity index (χ2n) is 5.00. The second kappa shape index (κ2) is 4.58. The van der Waals surface area contributed by atoms with E-state index in [1.54, 1.807) is 7.05 Å². The topological polar surface area (TPSA) is 44.9 Å². The van der Waals surface area contributed by atoms with Gasteiger partial charge in [-0.25, -0.2) is 0 Å². The molecule has 1 aromatic heterocycles. The van der Waals surface area contributed by atoms with E-state index in [0.29, 0.717) is 6.54 Å². The third-order valence-corrected chi connectivity index (χ3v) is 3.76. The van der Waals surface area contributed by atoms with Crippen LogP contribution in [0.5, 0.6) is 0 Å². The summed E-state index contributed by atoms with van der Waals surface area (Å²) in [5, 5.41) is 4.16. The zero-order valence-corrected chi connectivity index (χ0v) is 10.7. The Bertz CT molecular complexity index is 598. The lowest BCUT2D eigenvalue weighted by Crippen LogP contribution is -2.18. The molecule has 1 aliphatic carbocycles. The number of ketones is 1. The van der Waals surface area contributed by atoms with Crippen LogP contribution < -0.4 is 5.32 Å². The van der Waals surface area contributed by atoms with E-state index in [-0.39, 0.29) is 5.78 Å². The van der Waals surface area contributed by atoms with Gasteiger partial charge in [0.25, 0.3) is 0 Å². The lowest BCUT2D eigenvalue weighted by atomic mass is 9.95. The van der Waals surface area contributed by atoms with Crippen LogP contribution >= 0.6 is 0 Å². The Hall–Kier alpha value is -1.61. The van der Waals surface area contributed by atoms with Gasteiger partial charge in [0.05, 0.1) is 6.54 Å². The maximum Gasteiger partial charge on any atom is 0.176 e. The molecule has 94 valence electrons. The van der Waals surface area contributed by atoms with Crippen molar-refractivity contribution in [2.45, 2.75) is 25.7 Å². The number of aromatic nitrogens is 1. The number of benzene rings is 1. The van der Waals surface area contributed by atoms with Crippen molar-refractivity contribution in [2.24, 2.45) is 0 Å². The monoisotopic (exact) mass is 242 g/mol. The number of rotatable bonds is 3. The molecule has 0 aliphatic heterocycles. The molecule has 2 N–H and O–H groups in total. The molecule has 0 unspecified atom stereocenters. The molecule has 1 heterocycles. The second-order valence-corrected chi connectivity index (χ2v) is 5.00. The fourth-order valence-electron chi connectivity index (χ4n) is 2.84. The predicted octanol–water partition coefficient (Wildman–Crippen LogP) is 2.45. The van der Waals surface area contributed by atoms with E-state index in [9.17, 15) is 4.79 Å². The largest absolute Gasteiger partial charge is 0.358 e. The molecule has 0 amide bonds. The summed E-state index contributed by atoms with van der Waals surface area (Å²) in [5.74, 6) is 0.158. The molecule has 0 fully saturated rings. The van der Waals surface area contributed by atoms with E-state index in [2.05, 4.69) is 16.4 Å². The number of likely N-dealkylation sites (N-methyl/N-ethyl adjacent to an activating group) is 1. The van der Waals surface area contributed by atoms with Gasteiger partial charge in [-0.15, -0.1) is 0 Å². The number of H-pyrrole nitrogens is 1. The number of fused-ring (bicyclic) bond motifs is 3. The van der Waals surface area contributed by atoms with Gasteiger partial charge in [-0.1, -0.05) is 0 Å². The number of hydrogen-bond acceptors (Lipinski definition) is 2. The predicted molar refractivity (Wildman–Crippen MR) is 73.2 cm³/mol. The summed E-state index contributed by atoms with van der Waals surface area (Å²) in [7, 11) is 1.80. The number of carbonyl (C=O) groups excluding carboxylic acids is 1. The molecule has 0 atom stereocenters. The van der Waals surface area contributed by atoms with Crippen LogP contribution in [0.1, 0.15) is 34.5 Å². The molecule has 1 aliphatic rings. The quantitative estimate of drug-likeness (QED) is 0.812. The van der Waals surface area contributed by atoms with Crippen molar-refractivity contribution in [3.63, 3.8) is 0 Å². The molecule has 18 heavy (non-hydrogen) atoms. The number of nitrogens with one attached hydrogen (secondary N) is 2. The Kier molecular flexibility index (Phi) is 2.92. The summed E-state index contributed by atoms with van der Waals surface area (Å²) >= 11 is 0. The fraction of sp³-hybridized carbons (Fsp3) is 0.400. The maximum absolute atomic E-state index is 11.9. The van der Waals surface area contributed by atoms with E-state index < -0.39 is 0 Å². The van der Waals surface area contributed by atoms with Gasteiger partial charge in [0.1, 0.15) is 0 Å². The molecule has 3 heteroatoms. The highest BCUT2D eigenvalue weighted by atomic mass is 16.1. The van der Waals surface area contributed by atoms with E-state index in [1.165, 1.54) is 35.0 Å². The summed E-state index contributed by atoms with van der Waals surface area (Å²) in [6, 6.07) is 6.01. The first-order chi connectivity index (χ1) is 8.79. The number of hydrogen-bond donors (Lipinski definition) is 2. The van der Waals surface area contributed by atoms with Crippen molar-refractivity contribution in [2.75, 3.05) is 13.6 Å². The molecule has 2 aromatic rings. The summed E-state index contributed by atoms with van der Waals surface area (Å²) in [5.41, 5.74) is 4.77. The van der Waals surface area contributed by atoms with Crippen LogP contribution in [-0.4, -0.2) is 24.4 Å². The summed E-state index contributed by atoms with van der Waals surface area (Å²) in [6.07, 6.45) is 4.81. The van der Waals surface area contributed by atoms with Gasteiger partial charge in [-0.3, -0.25) is 4.79 Å². The molecule has 0 saturated carbocycles. The zero-order valence-electron chi connectivity index (χ0n) is 10.7. The van der Waals surface area contributed by atoms with Crippen LogP contribution in [0.2, 0.25) is 0 Å². The van der Waals surface area contributed by atoms with E-state index in [1.807, 2.05) is 12.1 Å². The first-order valence-corrected chi connectivity index (χ1v) is 6.61. The van der Waals surface area contributed by atoms with Gasteiger partial charge in [0.15, 0.2) is 5.78 Å². The summed E-state index contributed by atoms with van der Waals surface area (Å²) in [4.78, 5) is 15.4. The Morgan fingerprint density at radius 3 is 3.00 bits per heavy atom. The van der Waals surface area contributed by atoms with Crippen LogP contribution in [0, 0.1) is 0 Å². The number of aryl methyl sites for hydroxylation is 2. The average Bonchev–Trinajstić information content (AvgIpc) is 2.76. The Morgan fingerprint density at radius 2 is 2.17 bits per heavy atom. The maximum atomic E-state index is 11.9. The first kappa shape index (κ1) is 11.5. The SMILES string of the molecule is CNCC(=O)c1ccc2[nH]c3c(c2c1)CCCC3. The van der Waals surface area contributed by atoms with Gasteiger partial charge in [0.2, 0.25) is 0 Å². The first-order valence-electron chi connectivity index (χ1n) is 6.61. The van der Waals surface area contributed by atoms with Crippen LogP contribution in [0.3, 0.4) is 0 Å². The molecule has 0 spiro atoms. The molecule has 1 aromatic carbocycles. The third kappa shape index (κ3) is 1.85. The van der Waals surface area contributed by atoms with Gasteiger partial charge in [-0.05, 0) is 56.5 Å². The van der Waals surface area contributed by atoms with E-state index >= 15 is 0 Å². The van der Waals surface area contributed by atoms with Gasteiger partial charge in [-0.2, -0.15) is 0 Å². The Labute approximate surface area is 107 Å². The van der Waals surface area contributed by atoms with E-state index in [4.69, 9.17) is 0 Å². The molecule has 3 rings (SSSR count). The van der Waals surface area contributed by atoms with Crippen molar-refractivity contribution in [1.29, 1.82) is 0 Å². The molecule has 0 bridgehead atoms. The average molecular weight is 242 g/mol. The van der Waals surface area contributed by atoms with Crippen molar-refractivity contribution in [1.82, 2.24) is 10.3 Å². The van der Waals surface area contributed by atoms with Crippen molar-refractivity contribution >= 4 is 16.7 Å². The highest BCUT2D eigenvalue weighted by Crippen LogP contribution is 2.29. The Balaban J connectivity index is 2.08. The molecular weight excluding hydrogens is 224 g/mol. The highest BCUT2D eigenvalue weighted by Gasteiger charge is 2.16. The number of carbonyl (C=O) groups is 1. The fourth-order valence-corrected chi connectivity index (χ4v) is 2.84. The zero-order chi connectivity index (χ0) is 12.5. The lowest BCUT2D eigenvalue weighted by Gasteiger charge is -2.10. The highest BCUT2D eigenvalue weighted by molar-refractivity contribution is 6.01. The van der Waals surface area contributed by atoms with Crippen LogP contribution in [0.25, 0.3) is 10.9 Å². The number of aromatic amines is 1. The van der Waals surface area contributed by atoms with Crippen LogP contribution in [0.4, 0.5) is 0 Å². The summed E-state index contributed by atoms with van der Waals surface area (Å²) in [6.45, 7) is 0.401. The van der Waals surface area contributed by atoms with Crippen molar-refractivity contribution < 1.29 is 4.79 Å². The van der Waals surface area contributed by atoms with Gasteiger partial charge < -0.3 is 10.3 Å². The number of Topliss-reactive ketones (excluding diaryl/α,β-unsaturated/α-hetero) is 1. The lowest BCUT2D eigenvalue weighted by molar-refractivity contribution is 0.0993. The molecular formula is C15H18N2O. The minimum Gasteiger partial charge on any atom is -0.358 e. The van der Waals surface area contributed by atoms with Gasteiger partial charge in [0, 0.05) is 22.2 Å². The molecule has 3 nitrogen and oxygen atoms in total. The normalized spacial score (nSPS) is 14.7. The van der Waals surface area contributed by atoms with Gasteiger partial charge >= 0.3 is 0 Å². The van der Waals surface area contributed by atoms with Crippen molar-refractivity contribution in [3.8, 4) is 0 Å². The minimum absolute atomic E-state index is 0.158. The van der Waals surface area contributed by atoms with Crippen LogP contribution in [0.15, 0.2) is 18.2 Å². The third-order valence-electron chi connectivity index (χ3n) is 3.76. The minimum atomic E-state index is 0.158. The van der Waals surface area contributed by atoms with E-state index in [0.717, 1.165) is 18.4 Å². The smallest absolute Gasteiger partial charge is 0.176 e. The summed E-state index contributed by atoms with van der Waals surface area (Å²) < 4.78 is 0. The molecule has 0 radical (unpaired) electrons. The molecule has 0 saturated heterocycles.